The molecular weight excluding hydrogens is 238 g/mol. The average Bonchev–Trinajstić information content (AvgIpc) is 2.47. The van der Waals surface area contributed by atoms with Gasteiger partial charge in [0.05, 0.1) is 11.1 Å². The molecule has 3 rings (SSSR count). The molecule has 0 saturated heterocycles. The number of hydrogen-bond donors (Lipinski definition) is 1. The number of fused-ring (bicyclic) bond motifs is 1. The summed E-state index contributed by atoms with van der Waals surface area (Å²) in [5.41, 5.74) is 1.99. The number of pyridine rings is 2. The van der Waals surface area contributed by atoms with Gasteiger partial charge in [-0.2, -0.15) is 0 Å². The van der Waals surface area contributed by atoms with Gasteiger partial charge < -0.3 is 5.32 Å². The molecule has 0 fully saturated rings. The van der Waals surface area contributed by atoms with Crippen LogP contribution < -0.4 is 5.32 Å². The molecule has 2 heterocycles. The molecule has 4 nitrogen and oxygen atoms in total. The number of carbonyl (C=O) groups is 1. The lowest BCUT2D eigenvalue weighted by Crippen LogP contribution is -2.12. The van der Waals surface area contributed by atoms with Gasteiger partial charge in [0.15, 0.2) is 0 Å². The zero-order valence-electron chi connectivity index (χ0n) is 10.1. The van der Waals surface area contributed by atoms with Gasteiger partial charge in [-0.1, -0.05) is 18.2 Å². The van der Waals surface area contributed by atoms with E-state index in [1.165, 1.54) is 0 Å². The van der Waals surface area contributed by atoms with Crippen LogP contribution in [0.4, 0.5) is 5.69 Å². The normalized spacial score (nSPS) is 10.3. The Bertz CT molecular complexity index is 720. The molecule has 0 spiro atoms. The Kier molecular flexibility index (Phi) is 2.90. The molecule has 2 aromatic heterocycles. The van der Waals surface area contributed by atoms with Gasteiger partial charge in [0.2, 0.25) is 0 Å². The fourth-order valence-corrected chi connectivity index (χ4v) is 1.92. The molecule has 1 N–H and O–H groups in total. The molecule has 0 aliphatic heterocycles. The van der Waals surface area contributed by atoms with Crippen molar-refractivity contribution < 1.29 is 4.79 Å². The summed E-state index contributed by atoms with van der Waals surface area (Å²) in [4.78, 5) is 20.4. The highest BCUT2D eigenvalue weighted by Crippen LogP contribution is 2.17. The number of nitrogens with one attached hydrogen (secondary N) is 1. The largest absolute Gasteiger partial charge is 0.322 e. The van der Waals surface area contributed by atoms with Crippen LogP contribution in [0.5, 0.6) is 0 Å². The van der Waals surface area contributed by atoms with Crippen LogP contribution in [0.1, 0.15) is 10.4 Å². The van der Waals surface area contributed by atoms with E-state index in [1.54, 1.807) is 36.8 Å². The van der Waals surface area contributed by atoms with Crippen LogP contribution in [-0.4, -0.2) is 15.9 Å². The van der Waals surface area contributed by atoms with Crippen molar-refractivity contribution in [2.75, 3.05) is 5.32 Å². The second-order valence-electron chi connectivity index (χ2n) is 4.07. The number of carbonyl (C=O) groups excluding carboxylic acids is 1. The summed E-state index contributed by atoms with van der Waals surface area (Å²) in [6.45, 7) is 0. The lowest BCUT2D eigenvalue weighted by Gasteiger charge is -2.06. The van der Waals surface area contributed by atoms with E-state index in [2.05, 4.69) is 15.3 Å². The van der Waals surface area contributed by atoms with E-state index in [1.807, 2.05) is 24.3 Å². The quantitative estimate of drug-likeness (QED) is 0.759. The molecule has 0 radical (unpaired) electrons. The minimum absolute atomic E-state index is 0.171. The van der Waals surface area contributed by atoms with Gasteiger partial charge >= 0.3 is 0 Å². The van der Waals surface area contributed by atoms with E-state index in [9.17, 15) is 4.79 Å². The minimum atomic E-state index is -0.171. The second kappa shape index (κ2) is 4.86. The Morgan fingerprint density at radius 2 is 1.74 bits per heavy atom. The van der Waals surface area contributed by atoms with Crippen molar-refractivity contribution in [2.24, 2.45) is 0 Å². The maximum Gasteiger partial charge on any atom is 0.257 e. The van der Waals surface area contributed by atoms with Gasteiger partial charge in [-0.25, -0.2) is 0 Å². The van der Waals surface area contributed by atoms with Gasteiger partial charge in [-0.15, -0.1) is 0 Å². The molecule has 0 atom stereocenters. The van der Waals surface area contributed by atoms with Crippen molar-refractivity contribution in [3.8, 4) is 0 Å². The fraction of sp³-hybridized carbons (Fsp3) is 0. The molecule has 19 heavy (non-hydrogen) atoms. The van der Waals surface area contributed by atoms with Crippen LogP contribution in [0.2, 0.25) is 0 Å². The maximum absolute atomic E-state index is 12.3. The number of hydrogen-bond acceptors (Lipinski definition) is 3. The van der Waals surface area contributed by atoms with Crippen LogP contribution in [-0.2, 0) is 0 Å². The van der Waals surface area contributed by atoms with Crippen molar-refractivity contribution in [1.29, 1.82) is 0 Å². The van der Waals surface area contributed by atoms with Crippen LogP contribution in [0.25, 0.3) is 10.9 Å². The highest BCUT2D eigenvalue weighted by Gasteiger charge is 2.10. The monoisotopic (exact) mass is 249 g/mol. The Morgan fingerprint density at radius 3 is 2.58 bits per heavy atom. The third-order valence-electron chi connectivity index (χ3n) is 2.82. The highest BCUT2D eigenvalue weighted by molar-refractivity contribution is 6.11. The van der Waals surface area contributed by atoms with E-state index in [-0.39, 0.29) is 5.91 Å². The Morgan fingerprint density at radius 1 is 0.947 bits per heavy atom. The number of nitrogens with zero attached hydrogens (tertiary/aromatic N) is 2. The van der Waals surface area contributed by atoms with Crippen molar-refractivity contribution in [2.45, 2.75) is 0 Å². The van der Waals surface area contributed by atoms with Crippen LogP contribution >= 0.6 is 0 Å². The molecule has 1 amide bonds. The smallest absolute Gasteiger partial charge is 0.257 e. The van der Waals surface area contributed by atoms with Gasteiger partial charge in [0.25, 0.3) is 5.91 Å². The summed E-state index contributed by atoms with van der Waals surface area (Å²) < 4.78 is 0. The van der Waals surface area contributed by atoms with Gasteiger partial charge in [-0.3, -0.25) is 14.8 Å². The third kappa shape index (κ3) is 2.28. The zero-order valence-corrected chi connectivity index (χ0v) is 10.1. The molecule has 0 saturated carbocycles. The first-order chi connectivity index (χ1) is 9.34. The molecule has 0 aliphatic carbocycles. The molecule has 92 valence electrons. The predicted octanol–water partition coefficient (Wildman–Crippen LogP) is 2.88. The summed E-state index contributed by atoms with van der Waals surface area (Å²) in [5, 5.41) is 3.78. The molecule has 4 heteroatoms. The Balaban J connectivity index is 1.98. The Labute approximate surface area is 110 Å². The van der Waals surface area contributed by atoms with Gasteiger partial charge in [0, 0.05) is 29.7 Å². The molecule has 3 aromatic rings. The van der Waals surface area contributed by atoms with Gasteiger partial charge in [0.1, 0.15) is 0 Å². The first-order valence-electron chi connectivity index (χ1n) is 5.90. The summed E-state index contributed by atoms with van der Waals surface area (Å²) in [7, 11) is 0. The lowest BCUT2D eigenvalue weighted by molar-refractivity contribution is 0.102. The topological polar surface area (TPSA) is 54.9 Å². The lowest BCUT2D eigenvalue weighted by atomic mass is 10.1. The standard InChI is InChI=1S/C15H11N3O/c19-15(18-12-6-9-16-10-7-12)13-5-1-3-11-4-2-8-17-14(11)13/h1-10H,(H,16,18,19). The first-order valence-corrected chi connectivity index (χ1v) is 5.90. The molecular formula is C15H11N3O. The predicted molar refractivity (Wildman–Crippen MR) is 73.9 cm³/mol. The van der Waals surface area contributed by atoms with Crippen molar-refractivity contribution in [3.05, 3.63) is 66.6 Å². The van der Waals surface area contributed by atoms with E-state index in [4.69, 9.17) is 0 Å². The van der Waals surface area contributed by atoms with Crippen LogP contribution in [0, 0.1) is 0 Å². The van der Waals surface area contributed by atoms with Gasteiger partial charge in [-0.05, 0) is 24.3 Å². The van der Waals surface area contributed by atoms with E-state index in [0.29, 0.717) is 16.8 Å². The number of rotatable bonds is 2. The van der Waals surface area contributed by atoms with E-state index >= 15 is 0 Å². The number of para-hydroxylation sites is 1. The van der Waals surface area contributed by atoms with Crippen LogP contribution in [0.15, 0.2) is 61.1 Å². The minimum Gasteiger partial charge on any atom is -0.322 e. The van der Waals surface area contributed by atoms with Crippen molar-refractivity contribution in [1.82, 2.24) is 9.97 Å². The summed E-state index contributed by atoms with van der Waals surface area (Å²) in [6, 6.07) is 12.8. The summed E-state index contributed by atoms with van der Waals surface area (Å²) in [5.74, 6) is -0.171. The van der Waals surface area contributed by atoms with Crippen molar-refractivity contribution in [3.63, 3.8) is 0 Å². The summed E-state index contributed by atoms with van der Waals surface area (Å²) in [6.07, 6.45) is 4.96. The number of aromatic nitrogens is 2. The number of benzene rings is 1. The van der Waals surface area contributed by atoms with E-state index < -0.39 is 0 Å². The number of anilines is 1. The van der Waals surface area contributed by atoms with Crippen LogP contribution in [0.3, 0.4) is 0 Å². The molecule has 0 unspecified atom stereocenters. The molecule has 0 bridgehead atoms. The maximum atomic E-state index is 12.3. The van der Waals surface area contributed by atoms with Crippen molar-refractivity contribution >= 4 is 22.5 Å². The average molecular weight is 249 g/mol. The fourth-order valence-electron chi connectivity index (χ4n) is 1.92. The molecule has 1 aromatic carbocycles. The first kappa shape index (κ1) is 11.3. The summed E-state index contributed by atoms with van der Waals surface area (Å²) >= 11 is 0. The Hall–Kier alpha value is -2.75. The van der Waals surface area contributed by atoms with E-state index in [0.717, 1.165) is 5.39 Å². The third-order valence-corrected chi connectivity index (χ3v) is 2.82. The number of amides is 1. The molecule has 0 aliphatic rings. The second-order valence-corrected chi connectivity index (χ2v) is 4.07. The highest BCUT2D eigenvalue weighted by atomic mass is 16.1. The zero-order chi connectivity index (χ0) is 13.1. The SMILES string of the molecule is O=C(Nc1ccncc1)c1cccc2cccnc12.